The fourth-order valence-corrected chi connectivity index (χ4v) is 2.85. The molecule has 0 amide bonds. The largest absolute Gasteiger partial charge is 0.370 e. The zero-order valence-corrected chi connectivity index (χ0v) is 14.8. The summed E-state index contributed by atoms with van der Waals surface area (Å²) in [5.74, 6) is 1.65. The number of methoxy groups -OCH3 is 1. The molecule has 0 saturated heterocycles. The van der Waals surface area contributed by atoms with Crippen LogP contribution < -0.4 is 5.32 Å². The van der Waals surface area contributed by atoms with Crippen LogP contribution in [0.5, 0.6) is 0 Å². The molecule has 0 aromatic carbocycles. The Bertz CT molecular complexity index is 398. The van der Waals surface area contributed by atoms with E-state index in [0.29, 0.717) is 0 Å². The van der Waals surface area contributed by atoms with E-state index in [0.717, 1.165) is 54.0 Å². The van der Waals surface area contributed by atoms with E-state index >= 15 is 0 Å². The second-order valence-corrected chi connectivity index (χ2v) is 5.64. The Hall–Kier alpha value is -0.680. The Morgan fingerprint density at radius 3 is 2.25 bits per heavy atom. The molecule has 1 N–H and O–H groups in total. The average Bonchev–Trinajstić information content (AvgIpc) is 2.46. The van der Waals surface area contributed by atoms with Gasteiger partial charge in [0.25, 0.3) is 0 Å². The minimum atomic E-state index is -0.395. The average molecular weight is 344 g/mol. The number of nitrogens with zero attached hydrogens (tertiary/aromatic N) is 2. The molecule has 5 heteroatoms. The zero-order valence-electron chi connectivity index (χ0n) is 13.2. The van der Waals surface area contributed by atoms with E-state index in [1.807, 2.05) is 0 Å². The van der Waals surface area contributed by atoms with Gasteiger partial charge in [-0.05, 0) is 42.1 Å². The molecule has 0 aliphatic heterocycles. The molecule has 0 aliphatic carbocycles. The van der Waals surface area contributed by atoms with E-state index in [2.05, 4.69) is 48.9 Å². The molecule has 1 aromatic heterocycles. The van der Waals surface area contributed by atoms with Gasteiger partial charge in [0, 0.05) is 13.7 Å². The highest BCUT2D eigenvalue weighted by Gasteiger charge is 2.32. The lowest BCUT2D eigenvalue weighted by molar-refractivity contribution is -0.0292. The Labute approximate surface area is 130 Å². The lowest BCUT2D eigenvalue weighted by Gasteiger charge is -2.29. The van der Waals surface area contributed by atoms with Crippen LogP contribution in [0, 0.1) is 0 Å². The van der Waals surface area contributed by atoms with Crippen molar-refractivity contribution in [1.82, 2.24) is 9.97 Å². The predicted octanol–water partition coefficient (Wildman–Crippen LogP) is 4.29. The second-order valence-electron chi connectivity index (χ2n) is 4.84. The zero-order chi connectivity index (χ0) is 15.2. The van der Waals surface area contributed by atoms with Gasteiger partial charge in [0.1, 0.15) is 11.4 Å². The Balaban J connectivity index is 3.38. The van der Waals surface area contributed by atoms with E-state index in [9.17, 15) is 0 Å². The molecule has 0 saturated carbocycles. The number of anilines is 1. The quantitative estimate of drug-likeness (QED) is 0.764. The minimum Gasteiger partial charge on any atom is -0.370 e. The van der Waals surface area contributed by atoms with Gasteiger partial charge in [-0.15, -0.1) is 0 Å². The Morgan fingerprint density at radius 2 is 1.80 bits per heavy atom. The summed E-state index contributed by atoms with van der Waals surface area (Å²) in [6.45, 7) is 9.29. The molecule has 0 bridgehead atoms. The molecule has 0 fully saturated rings. The molecule has 0 atom stereocenters. The van der Waals surface area contributed by atoms with Crippen LogP contribution in [0.3, 0.4) is 0 Å². The van der Waals surface area contributed by atoms with Gasteiger partial charge >= 0.3 is 0 Å². The number of nitrogens with one attached hydrogen (secondary N) is 1. The summed E-state index contributed by atoms with van der Waals surface area (Å²) in [5, 5.41) is 3.31. The van der Waals surface area contributed by atoms with Crippen molar-refractivity contribution in [2.75, 3.05) is 19.0 Å². The van der Waals surface area contributed by atoms with Gasteiger partial charge in [0.2, 0.25) is 0 Å². The number of halogens is 1. The van der Waals surface area contributed by atoms with Crippen molar-refractivity contribution < 1.29 is 4.74 Å². The first-order valence-corrected chi connectivity index (χ1v) is 8.23. The molecule has 1 aromatic rings. The number of hydrogen-bond donors (Lipinski definition) is 1. The van der Waals surface area contributed by atoms with Crippen LogP contribution in [0.4, 0.5) is 5.82 Å². The van der Waals surface area contributed by atoms with Gasteiger partial charge in [0.05, 0.1) is 10.2 Å². The summed E-state index contributed by atoms with van der Waals surface area (Å²) in [4.78, 5) is 9.46. The summed E-state index contributed by atoms with van der Waals surface area (Å²) >= 11 is 3.62. The number of rotatable bonds is 8. The highest BCUT2D eigenvalue weighted by Crippen LogP contribution is 2.33. The minimum absolute atomic E-state index is 0.395. The van der Waals surface area contributed by atoms with Gasteiger partial charge in [0.15, 0.2) is 5.82 Å². The van der Waals surface area contributed by atoms with Crippen LogP contribution in [0.2, 0.25) is 0 Å². The molecular weight excluding hydrogens is 318 g/mol. The number of aromatic nitrogens is 2. The lowest BCUT2D eigenvalue weighted by atomic mass is 9.95. The van der Waals surface area contributed by atoms with Crippen molar-refractivity contribution in [3.8, 4) is 0 Å². The third-order valence-corrected chi connectivity index (χ3v) is 4.52. The lowest BCUT2D eigenvalue weighted by Crippen LogP contribution is -2.30. The first kappa shape index (κ1) is 17.4. The number of ether oxygens (including phenoxy) is 1. The topological polar surface area (TPSA) is 47.0 Å². The fraction of sp³-hybridized carbons (Fsp3) is 0.733. The molecule has 0 radical (unpaired) electrons. The summed E-state index contributed by atoms with van der Waals surface area (Å²) in [6.07, 6.45) is 3.71. The SMILES string of the molecule is CCCc1nc(C(CC)(CC)OC)nc(NCC)c1Br. The van der Waals surface area contributed by atoms with Crippen molar-refractivity contribution in [2.45, 2.75) is 59.0 Å². The van der Waals surface area contributed by atoms with Crippen LogP contribution in [0.15, 0.2) is 4.47 Å². The van der Waals surface area contributed by atoms with Crippen molar-refractivity contribution in [3.05, 3.63) is 16.0 Å². The maximum atomic E-state index is 5.76. The van der Waals surface area contributed by atoms with E-state index in [1.165, 1.54) is 0 Å². The summed E-state index contributed by atoms with van der Waals surface area (Å²) < 4.78 is 6.73. The number of aryl methyl sites for hydroxylation is 1. The van der Waals surface area contributed by atoms with Crippen molar-refractivity contribution >= 4 is 21.7 Å². The van der Waals surface area contributed by atoms with Gasteiger partial charge in [-0.1, -0.05) is 27.2 Å². The van der Waals surface area contributed by atoms with Crippen LogP contribution in [0.25, 0.3) is 0 Å². The van der Waals surface area contributed by atoms with Crippen LogP contribution in [0.1, 0.15) is 58.5 Å². The maximum absolute atomic E-state index is 5.76. The molecular formula is C15H26BrN3O. The second kappa shape index (κ2) is 7.93. The van der Waals surface area contributed by atoms with E-state index in [-0.39, 0.29) is 0 Å². The maximum Gasteiger partial charge on any atom is 0.162 e. The van der Waals surface area contributed by atoms with E-state index in [1.54, 1.807) is 7.11 Å². The molecule has 0 spiro atoms. The monoisotopic (exact) mass is 343 g/mol. The van der Waals surface area contributed by atoms with Crippen molar-refractivity contribution in [1.29, 1.82) is 0 Å². The number of hydrogen-bond acceptors (Lipinski definition) is 4. The van der Waals surface area contributed by atoms with E-state index < -0.39 is 5.60 Å². The molecule has 1 heterocycles. The Kier molecular flexibility index (Phi) is 6.89. The molecule has 1 rings (SSSR count). The van der Waals surface area contributed by atoms with Crippen molar-refractivity contribution in [3.63, 3.8) is 0 Å². The van der Waals surface area contributed by atoms with Crippen LogP contribution >= 0.6 is 15.9 Å². The van der Waals surface area contributed by atoms with Crippen LogP contribution in [-0.4, -0.2) is 23.6 Å². The normalized spacial score (nSPS) is 11.7. The first-order chi connectivity index (χ1) is 9.58. The smallest absolute Gasteiger partial charge is 0.162 e. The summed E-state index contributed by atoms with van der Waals surface area (Å²) in [5.41, 5.74) is 0.657. The van der Waals surface area contributed by atoms with Gasteiger partial charge in [-0.25, -0.2) is 9.97 Å². The standard InChI is InChI=1S/C15H26BrN3O/c1-6-10-11-12(16)13(17-9-4)19-14(18-11)15(7-2,8-3)20-5/h6-10H2,1-5H3,(H,17,18,19). The van der Waals surface area contributed by atoms with Gasteiger partial charge in [-0.3, -0.25) is 0 Å². The molecule has 20 heavy (non-hydrogen) atoms. The molecule has 0 unspecified atom stereocenters. The molecule has 4 nitrogen and oxygen atoms in total. The molecule has 0 aliphatic rings. The van der Waals surface area contributed by atoms with Crippen molar-refractivity contribution in [2.24, 2.45) is 0 Å². The van der Waals surface area contributed by atoms with Gasteiger partial charge in [-0.2, -0.15) is 0 Å². The van der Waals surface area contributed by atoms with Gasteiger partial charge < -0.3 is 10.1 Å². The highest BCUT2D eigenvalue weighted by atomic mass is 79.9. The highest BCUT2D eigenvalue weighted by molar-refractivity contribution is 9.10. The first-order valence-electron chi connectivity index (χ1n) is 7.44. The predicted molar refractivity (Wildman–Crippen MR) is 87.2 cm³/mol. The van der Waals surface area contributed by atoms with Crippen LogP contribution in [-0.2, 0) is 16.8 Å². The summed E-state index contributed by atoms with van der Waals surface area (Å²) in [7, 11) is 1.74. The third-order valence-electron chi connectivity index (χ3n) is 3.69. The van der Waals surface area contributed by atoms with E-state index in [4.69, 9.17) is 14.7 Å². The fourth-order valence-electron chi connectivity index (χ4n) is 2.33. The summed E-state index contributed by atoms with van der Waals surface area (Å²) in [6, 6.07) is 0. The Morgan fingerprint density at radius 1 is 1.15 bits per heavy atom. The third kappa shape index (κ3) is 3.50. The molecule has 114 valence electrons.